The van der Waals surface area contributed by atoms with Crippen molar-refractivity contribution in [2.45, 2.75) is 232 Å². The zero-order chi connectivity index (χ0) is 45.0. The van der Waals surface area contributed by atoms with Crippen LogP contribution in [0.5, 0.6) is 0 Å². The Bertz CT molecular complexity index is 1130. The Balaban J connectivity index is 4.25. The summed E-state index contributed by atoms with van der Waals surface area (Å²) in [5.74, 6) is -0.799. The van der Waals surface area contributed by atoms with Crippen LogP contribution in [0.25, 0.3) is 0 Å². The highest BCUT2D eigenvalue weighted by Crippen LogP contribution is 2.43. The second-order valence-electron chi connectivity index (χ2n) is 18.2. The lowest BCUT2D eigenvalue weighted by molar-refractivity contribution is -0.870. The Morgan fingerprint density at radius 2 is 0.885 bits per heavy atom. The molecule has 0 aromatic carbocycles. The van der Waals surface area contributed by atoms with Crippen LogP contribution in [0.3, 0.4) is 0 Å². The third-order valence-corrected chi connectivity index (χ3v) is 11.9. The van der Waals surface area contributed by atoms with E-state index in [2.05, 4.69) is 50.3 Å². The molecule has 2 atom stereocenters. The predicted molar refractivity (Wildman–Crippen MR) is 257 cm³/mol. The highest BCUT2D eigenvalue weighted by molar-refractivity contribution is 7.47. The van der Waals surface area contributed by atoms with Gasteiger partial charge in [-0.15, -0.1) is 0 Å². The van der Waals surface area contributed by atoms with Gasteiger partial charge in [-0.2, -0.15) is 0 Å². The molecule has 0 amide bonds. The van der Waals surface area contributed by atoms with Crippen molar-refractivity contribution >= 4 is 19.8 Å². The number of phosphoric acid groups is 1. The zero-order valence-corrected chi connectivity index (χ0v) is 41.3. The molecule has 61 heavy (non-hydrogen) atoms. The maximum absolute atomic E-state index is 12.7. The van der Waals surface area contributed by atoms with Gasteiger partial charge >= 0.3 is 19.8 Å². The summed E-state index contributed by atoms with van der Waals surface area (Å²) in [5.41, 5.74) is 0. The summed E-state index contributed by atoms with van der Waals surface area (Å²) >= 11 is 0. The SMILES string of the molecule is CCCCCCC/C=C\C/C=C\C/C=C\CCCCCCCCCCC(=O)OC(COC(=O)CCCCCCCCCCCCCCCC)COP(=O)(O)OCC[N+](C)(C)C. The van der Waals surface area contributed by atoms with Gasteiger partial charge in [-0.3, -0.25) is 18.6 Å². The Morgan fingerprint density at radius 3 is 1.31 bits per heavy atom. The Hall–Kier alpha value is -1.77. The molecule has 358 valence electrons. The summed E-state index contributed by atoms with van der Waals surface area (Å²) in [6.07, 6.45) is 50.5. The molecule has 0 bridgehead atoms. The Kier molecular flexibility index (Phi) is 42.2. The number of unbranched alkanes of at least 4 members (excludes halogenated alkanes) is 26. The van der Waals surface area contributed by atoms with Crippen molar-refractivity contribution in [2.24, 2.45) is 0 Å². The van der Waals surface area contributed by atoms with Crippen LogP contribution >= 0.6 is 7.82 Å². The van der Waals surface area contributed by atoms with Crippen LogP contribution in [-0.2, 0) is 32.7 Å². The van der Waals surface area contributed by atoms with Gasteiger partial charge in [-0.25, -0.2) is 4.57 Å². The van der Waals surface area contributed by atoms with E-state index < -0.39 is 26.5 Å². The van der Waals surface area contributed by atoms with Gasteiger partial charge in [0.25, 0.3) is 0 Å². The summed E-state index contributed by atoms with van der Waals surface area (Å²) in [6.45, 7) is 4.43. The topological polar surface area (TPSA) is 108 Å². The first-order chi connectivity index (χ1) is 29.5. The minimum atomic E-state index is -4.38. The molecule has 0 saturated carbocycles. The smallest absolute Gasteiger partial charge is 0.462 e. The molecule has 0 radical (unpaired) electrons. The van der Waals surface area contributed by atoms with Crippen molar-refractivity contribution in [1.29, 1.82) is 0 Å². The van der Waals surface area contributed by atoms with E-state index in [9.17, 15) is 19.0 Å². The molecule has 0 aliphatic heterocycles. The average Bonchev–Trinajstić information content (AvgIpc) is 3.21. The van der Waals surface area contributed by atoms with Crippen LogP contribution in [0, 0.1) is 0 Å². The lowest BCUT2D eigenvalue weighted by atomic mass is 10.0. The number of rotatable bonds is 46. The monoisotopic (exact) mass is 883 g/mol. The molecule has 0 rings (SSSR count). The van der Waals surface area contributed by atoms with Gasteiger partial charge in [0, 0.05) is 12.8 Å². The normalized spacial score (nSPS) is 13.7. The van der Waals surface area contributed by atoms with Crippen LogP contribution in [0.4, 0.5) is 0 Å². The van der Waals surface area contributed by atoms with Crippen LogP contribution in [0.15, 0.2) is 36.5 Å². The van der Waals surface area contributed by atoms with Crippen LogP contribution in [0.2, 0.25) is 0 Å². The second-order valence-corrected chi connectivity index (χ2v) is 19.7. The van der Waals surface area contributed by atoms with Gasteiger partial charge in [0.05, 0.1) is 27.7 Å². The van der Waals surface area contributed by atoms with Gasteiger partial charge in [-0.1, -0.05) is 198 Å². The van der Waals surface area contributed by atoms with E-state index in [1.807, 2.05) is 21.1 Å². The first-order valence-corrected chi connectivity index (χ1v) is 26.7. The van der Waals surface area contributed by atoms with Crippen molar-refractivity contribution in [3.8, 4) is 0 Å². The summed E-state index contributed by atoms with van der Waals surface area (Å²) < 4.78 is 34.4. The molecule has 2 unspecified atom stereocenters. The maximum atomic E-state index is 12.7. The number of esters is 2. The van der Waals surface area contributed by atoms with E-state index in [-0.39, 0.29) is 25.6 Å². The Labute approximate surface area is 376 Å². The molecular weight excluding hydrogens is 786 g/mol. The van der Waals surface area contributed by atoms with Gasteiger partial charge < -0.3 is 18.9 Å². The molecule has 1 N–H and O–H groups in total. The number of hydrogen-bond donors (Lipinski definition) is 1. The number of carbonyl (C=O) groups excluding carboxylic acids is 2. The highest BCUT2D eigenvalue weighted by Gasteiger charge is 2.27. The minimum Gasteiger partial charge on any atom is -0.462 e. The zero-order valence-electron chi connectivity index (χ0n) is 40.4. The molecule has 0 heterocycles. The van der Waals surface area contributed by atoms with E-state index in [0.717, 1.165) is 57.8 Å². The quantitative estimate of drug-likeness (QED) is 0.0212. The summed E-state index contributed by atoms with van der Waals surface area (Å²) in [7, 11) is 1.48. The second kappa shape index (κ2) is 43.5. The minimum absolute atomic E-state index is 0.0310. The van der Waals surface area contributed by atoms with Crippen molar-refractivity contribution < 1.29 is 42.1 Å². The van der Waals surface area contributed by atoms with Gasteiger partial charge in [-0.05, 0) is 51.4 Å². The lowest BCUT2D eigenvalue weighted by Crippen LogP contribution is -2.37. The van der Waals surface area contributed by atoms with Gasteiger partial charge in [0.2, 0.25) is 0 Å². The van der Waals surface area contributed by atoms with Crippen molar-refractivity contribution in [1.82, 2.24) is 0 Å². The van der Waals surface area contributed by atoms with Crippen molar-refractivity contribution in [2.75, 3.05) is 47.5 Å². The van der Waals surface area contributed by atoms with E-state index >= 15 is 0 Å². The van der Waals surface area contributed by atoms with Crippen LogP contribution in [-0.4, -0.2) is 74.9 Å². The predicted octanol–water partition coefficient (Wildman–Crippen LogP) is 14.9. The molecule has 0 saturated heterocycles. The first kappa shape index (κ1) is 59.2. The molecule has 0 aliphatic rings. The standard InChI is InChI=1S/C51H96NO8P/c1-6-8-10-12-14-16-18-20-22-23-24-25-26-27-28-29-30-32-34-36-38-40-42-44-51(54)60-49(48-59-61(55,56)58-46-45-52(3,4)5)47-57-50(53)43-41-39-37-35-33-31-21-19-17-15-13-11-9-7-2/h18,20,23-24,26-27,49H,6-17,19,21-22,25,28-48H2,1-5H3/p+1/b20-18-,24-23-,27-26-. The number of nitrogens with zero attached hydrogens (tertiary/aromatic N) is 1. The highest BCUT2D eigenvalue weighted by atomic mass is 31.2. The fourth-order valence-corrected chi connectivity index (χ4v) is 7.70. The van der Waals surface area contributed by atoms with Crippen molar-refractivity contribution in [3.63, 3.8) is 0 Å². The average molecular weight is 883 g/mol. The molecule has 0 spiro atoms. The van der Waals surface area contributed by atoms with Gasteiger partial charge in [0.1, 0.15) is 19.8 Å². The van der Waals surface area contributed by atoms with Crippen LogP contribution in [0.1, 0.15) is 226 Å². The summed E-state index contributed by atoms with van der Waals surface area (Å²) in [6, 6.07) is 0. The summed E-state index contributed by atoms with van der Waals surface area (Å²) in [4.78, 5) is 35.5. The largest absolute Gasteiger partial charge is 0.472 e. The van der Waals surface area contributed by atoms with Crippen LogP contribution < -0.4 is 0 Å². The lowest BCUT2D eigenvalue weighted by Gasteiger charge is -2.24. The number of hydrogen-bond acceptors (Lipinski definition) is 7. The number of phosphoric ester groups is 1. The third kappa shape index (κ3) is 47.5. The van der Waals surface area contributed by atoms with E-state index in [4.69, 9.17) is 18.5 Å². The third-order valence-electron chi connectivity index (χ3n) is 10.9. The fraction of sp³-hybridized carbons (Fsp3) is 0.843. The number of ether oxygens (including phenoxy) is 2. The number of likely N-dealkylation sites (N-methyl/N-ethyl adjacent to an activating group) is 1. The molecular formula is C51H97NO8P+. The molecule has 9 nitrogen and oxygen atoms in total. The van der Waals surface area contributed by atoms with Crippen molar-refractivity contribution in [3.05, 3.63) is 36.5 Å². The Morgan fingerprint density at radius 1 is 0.508 bits per heavy atom. The molecule has 0 aromatic rings. The van der Waals surface area contributed by atoms with E-state index in [0.29, 0.717) is 23.9 Å². The molecule has 0 fully saturated rings. The van der Waals surface area contributed by atoms with E-state index in [1.165, 1.54) is 135 Å². The maximum Gasteiger partial charge on any atom is 0.472 e. The fourth-order valence-electron chi connectivity index (χ4n) is 6.96. The van der Waals surface area contributed by atoms with E-state index in [1.54, 1.807) is 0 Å². The number of allylic oxidation sites excluding steroid dienone is 6. The number of quaternary nitrogens is 1. The molecule has 0 aliphatic carbocycles. The first-order valence-electron chi connectivity index (χ1n) is 25.2. The number of carbonyl (C=O) groups is 2. The van der Waals surface area contributed by atoms with Gasteiger partial charge in [0.15, 0.2) is 6.10 Å². The molecule has 10 heteroatoms. The summed E-state index contributed by atoms with van der Waals surface area (Å²) in [5, 5.41) is 0. The molecule has 0 aromatic heterocycles.